The van der Waals surface area contributed by atoms with E-state index in [9.17, 15) is 17.6 Å². The summed E-state index contributed by atoms with van der Waals surface area (Å²) < 4.78 is 39.9. The maximum absolute atomic E-state index is 12.9. The van der Waals surface area contributed by atoms with Gasteiger partial charge in [-0.05, 0) is 49.4 Å². The number of carbonyl (C=O) groups excluding carboxylic acids is 1. The number of anilines is 1. The van der Waals surface area contributed by atoms with E-state index >= 15 is 0 Å². The first-order valence-electron chi connectivity index (χ1n) is 6.69. The zero-order valence-corrected chi connectivity index (χ0v) is 13.7. The van der Waals surface area contributed by atoms with Crippen molar-refractivity contribution in [2.45, 2.75) is 11.8 Å². The Morgan fingerprint density at radius 1 is 1.17 bits per heavy atom. The van der Waals surface area contributed by atoms with E-state index < -0.39 is 21.7 Å². The van der Waals surface area contributed by atoms with Gasteiger partial charge < -0.3 is 5.32 Å². The maximum atomic E-state index is 12.9. The third-order valence-electron chi connectivity index (χ3n) is 2.93. The fourth-order valence-corrected chi connectivity index (χ4v) is 3.12. The maximum Gasteiger partial charge on any atom is 0.261 e. The highest BCUT2D eigenvalue weighted by molar-refractivity contribution is 7.92. The van der Waals surface area contributed by atoms with Gasteiger partial charge in [-0.2, -0.15) is 0 Å². The van der Waals surface area contributed by atoms with Crippen LogP contribution in [0.15, 0.2) is 47.4 Å². The summed E-state index contributed by atoms with van der Waals surface area (Å²) in [6.45, 7) is 2.13. The third kappa shape index (κ3) is 4.20. The van der Waals surface area contributed by atoms with E-state index in [1.165, 1.54) is 30.3 Å². The summed E-state index contributed by atoms with van der Waals surface area (Å²) in [5, 5.41) is 2.71. The topological polar surface area (TPSA) is 75.3 Å². The Bertz CT molecular complexity index is 823. The molecule has 5 nitrogen and oxygen atoms in total. The number of halogens is 2. The highest BCUT2D eigenvalue weighted by atomic mass is 35.5. The average molecular weight is 357 g/mol. The van der Waals surface area contributed by atoms with Crippen molar-refractivity contribution in [3.05, 3.63) is 58.9 Å². The number of hydrogen-bond acceptors (Lipinski definition) is 3. The normalized spacial score (nSPS) is 11.1. The summed E-state index contributed by atoms with van der Waals surface area (Å²) >= 11 is 5.94. The molecule has 0 saturated carbocycles. The summed E-state index contributed by atoms with van der Waals surface area (Å²) in [7, 11) is -3.92. The summed E-state index contributed by atoms with van der Waals surface area (Å²) in [6, 6.07) is 8.70. The summed E-state index contributed by atoms with van der Waals surface area (Å²) in [5.74, 6) is -0.936. The van der Waals surface area contributed by atoms with Crippen molar-refractivity contribution in [3.8, 4) is 0 Å². The number of hydrogen-bond donors (Lipinski definition) is 2. The first kappa shape index (κ1) is 17.2. The average Bonchev–Trinajstić information content (AvgIpc) is 2.50. The van der Waals surface area contributed by atoms with Crippen LogP contribution in [-0.4, -0.2) is 20.9 Å². The van der Waals surface area contributed by atoms with Gasteiger partial charge in [0.1, 0.15) is 5.82 Å². The second-order valence-corrected chi connectivity index (χ2v) is 6.70. The van der Waals surface area contributed by atoms with Crippen LogP contribution in [0.3, 0.4) is 0 Å². The Hall–Kier alpha value is -2.12. The molecule has 0 unspecified atom stereocenters. The molecule has 0 radical (unpaired) electrons. The zero-order valence-electron chi connectivity index (χ0n) is 12.1. The fraction of sp³-hybridized carbons (Fsp3) is 0.133. The monoisotopic (exact) mass is 356 g/mol. The molecular formula is C15H14ClFN2O3S. The van der Waals surface area contributed by atoms with Gasteiger partial charge in [0.15, 0.2) is 0 Å². The van der Waals surface area contributed by atoms with Crippen molar-refractivity contribution in [3.63, 3.8) is 0 Å². The quantitative estimate of drug-likeness (QED) is 0.864. The van der Waals surface area contributed by atoms with Crippen molar-refractivity contribution in [1.29, 1.82) is 0 Å². The highest BCUT2D eigenvalue weighted by Crippen LogP contribution is 2.22. The molecule has 0 atom stereocenters. The lowest BCUT2D eigenvalue weighted by molar-refractivity contribution is 0.0956. The first-order valence-corrected chi connectivity index (χ1v) is 8.55. The molecule has 0 aliphatic carbocycles. The van der Waals surface area contributed by atoms with Crippen molar-refractivity contribution in [2.24, 2.45) is 0 Å². The molecule has 0 heterocycles. The molecule has 122 valence electrons. The van der Waals surface area contributed by atoms with Crippen LogP contribution in [-0.2, 0) is 10.0 Å². The first-order chi connectivity index (χ1) is 10.8. The Labute approximate surface area is 138 Å². The minimum absolute atomic E-state index is 0.0653. The third-order valence-corrected chi connectivity index (χ3v) is 4.64. The van der Waals surface area contributed by atoms with Gasteiger partial charge in [-0.1, -0.05) is 11.6 Å². The second kappa shape index (κ2) is 6.97. The Morgan fingerprint density at radius 3 is 2.43 bits per heavy atom. The molecule has 8 heteroatoms. The van der Waals surface area contributed by atoms with Gasteiger partial charge in [0, 0.05) is 12.2 Å². The minimum atomic E-state index is -3.92. The van der Waals surface area contributed by atoms with E-state index in [1.807, 2.05) is 0 Å². The van der Waals surface area contributed by atoms with E-state index in [4.69, 9.17) is 11.6 Å². The lowest BCUT2D eigenvalue weighted by Crippen LogP contribution is -2.23. The van der Waals surface area contributed by atoms with Crippen molar-refractivity contribution < 1.29 is 17.6 Å². The molecule has 0 aromatic heterocycles. The van der Waals surface area contributed by atoms with Crippen LogP contribution in [0.1, 0.15) is 17.3 Å². The number of sulfonamides is 1. The molecule has 1 amide bonds. The molecule has 0 bridgehead atoms. The molecule has 0 fully saturated rings. The van der Waals surface area contributed by atoms with Crippen LogP contribution in [0.4, 0.5) is 10.1 Å². The summed E-state index contributed by atoms with van der Waals surface area (Å²) in [4.78, 5) is 11.8. The van der Waals surface area contributed by atoms with Crippen molar-refractivity contribution in [1.82, 2.24) is 5.32 Å². The number of benzene rings is 2. The van der Waals surface area contributed by atoms with E-state index in [-0.39, 0.29) is 21.2 Å². The molecular weight excluding hydrogens is 343 g/mol. The lowest BCUT2D eigenvalue weighted by atomic mass is 10.2. The molecule has 23 heavy (non-hydrogen) atoms. The van der Waals surface area contributed by atoms with Crippen LogP contribution < -0.4 is 10.0 Å². The standard InChI is InChI=1S/C15H14ClFN2O3S/c1-2-18-15(20)13-9-12(7-8-14(13)16)23(21,22)19-11-5-3-10(17)4-6-11/h3-9,19H,2H2,1H3,(H,18,20). The highest BCUT2D eigenvalue weighted by Gasteiger charge is 2.18. The van der Waals surface area contributed by atoms with E-state index in [0.29, 0.717) is 6.54 Å². The smallest absolute Gasteiger partial charge is 0.261 e. The molecule has 2 rings (SSSR count). The molecule has 2 aromatic carbocycles. The van der Waals surface area contributed by atoms with Gasteiger partial charge in [0.05, 0.1) is 15.5 Å². The molecule has 0 spiro atoms. The number of rotatable bonds is 5. The van der Waals surface area contributed by atoms with Gasteiger partial charge in [0.25, 0.3) is 15.9 Å². The largest absolute Gasteiger partial charge is 0.352 e. The molecule has 0 aliphatic heterocycles. The number of amides is 1. The van der Waals surface area contributed by atoms with Gasteiger partial charge >= 0.3 is 0 Å². The number of nitrogens with one attached hydrogen (secondary N) is 2. The summed E-state index contributed by atoms with van der Waals surface area (Å²) in [5.41, 5.74) is 0.274. The Morgan fingerprint density at radius 2 is 1.83 bits per heavy atom. The van der Waals surface area contributed by atoms with Crippen LogP contribution in [0.2, 0.25) is 5.02 Å². The molecule has 0 saturated heterocycles. The van der Waals surface area contributed by atoms with E-state index in [0.717, 1.165) is 12.1 Å². The second-order valence-electron chi connectivity index (χ2n) is 4.61. The van der Waals surface area contributed by atoms with Crippen LogP contribution in [0, 0.1) is 5.82 Å². The molecule has 2 aromatic rings. The van der Waals surface area contributed by atoms with Gasteiger partial charge in [-0.25, -0.2) is 12.8 Å². The van der Waals surface area contributed by atoms with E-state index in [2.05, 4.69) is 10.0 Å². The van der Waals surface area contributed by atoms with Crippen molar-refractivity contribution in [2.75, 3.05) is 11.3 Å². The predicted molar refractivity (Wildman–Crippen MR) is 86.7 cm³/mol. The SMILES string of the molecule is CCNC(=O)c1cc(S(=O)(=O)Nc2ccc(F)cc2)ccc1Cl. The summed E-state index contributed by atoms with van der Waals surface area (Å²) in [6.07, 6.45) is 0. The predicted octanol–water partition coefficient (Wildman–Crippen LogP) is 3.03. The Balaban J connectivity index is 2.34. The number of carbonyl (C=O) groups is 1. The molecule has 2 N–H and O–H groups in total. The fourth-order valence-electron chi connectivity index (χ4n) is 1.83. The van der Waals surface area contributed by atoms with Gasteiger partial charge in [-0.15, -0.1) is 0 Å². The lowest BCUT2D eigenvalue weighted by Gasteiger charge is -2.10. The van der Waals surface area contributed by atoms with Gasteiger partial charge in [0.2, 0.25) is 0 Å². The minimum Gasteiger partial charge on any atom is -0.352 e. The van der Waals surface area contributed by atoms with Gasteiger partial charge in [-0.3, -0.25) is 9.52 Å². The zero-order chi connectivity index (χ0) is 17.0. The van der Waals surface area contributed by atoms with Crippen LogP contribution in [0.25, 0.3) is 0 Å². The Kier molecular flexibility index (Phi) is 5.23. The van der Waals surface area contributed by atoms with Crippen LogP contribution >= 0.6 is 11.6 Å². The van der Waals surface area contributed by atoms with E-state index in [1.54, 1.807) is 6.92 Å². The van der Waals surface area contributed by atoms with Crippen LogP contribution in [0.5, 0.6) is 0 Å². The van der Waals surface area contributed by atoms with Crippen molar-refractivity contribution >= 4 is 33.2 Å². The molecule has 0 aliphatic rings.